The van der Waals surface area contributed by atoms with Crippen molar-refractivity contribution < 1.29 is 14.9 Å². The second kappa shape index (κ2) is 8.17. The van der Waals surface area contributed by atoms with Crippen LogP contribution >= 0.6 is 11.3 Å². The lowest BCUT2D eigenvalue weighted by molar-refractivity contribution is 0.0928. The third kappa shape index (κ3) is 3.96. The van der Waals surface area contributed by atoms with E-state index >= 15 is 0 Å². The molecule has 9 heteroatoms. The van der Waals surface area contributed by atoms with Crippen LogP contribution in [-0.2, 0) is 6.42 Å². The molecular formula is C19H21N5O3S. The number of pyridine rings is 1. The van der Waals surface area contributed by atoms with Gasteiger partial charge >= 0.3 is 0 Å². The molecule has 0 bridgehead atoms. The summed E-state index contributed by atoms with van der Waals surface area (Å²) in [5.74, 6) is 1.17. The highest BCUT2D eigenvalue weighted by Crippen LogP contribution is 2.36. The Morgan fingerprint density at radius 1 is 1.36 bits per heavy atom. The van der Waals surface area contributed by atoms with Crippen molar-refractivity contribution in [2.24, 2.45) is 0 Å². The van der Waals surface area contributed by atoms with E-state index in [4.69, 9.17) is 9.84 Å². The minimum Gasteiger partial charge on any atom is -0.480 e. The molecule has 28 heavy (non-hydrogen) atoms. The van der Waals surface area contributed by atoms with Crippen molar-refractivity contribution in [3.05, 3.63) is 52.7 Å². The molecule has 0 spiro atoms. The van der Waals surface area contributed by atoms with Crippen LogP contribution in [0.15, 0.2) is 30.2 Å². The van der Waals surface area contributed by atoms with E-state index in [1.807, 2.05) is 19.2 Å². The Bertz CT molecular complexity index is 964. The minimum atomic E-state index is -0.994. The van der Waals surface area contributed by atoms with Crippen molar-refractivity contribution >= 4 is 22.3 Å². The van der Waals surface area contributed by atoms with E-state index in [0.717, 1.165) is 36.1 Å². The van der Waals surface area contributed by atoms with Crippen LogP contribution < -0.4 is 10.1 Å². The number of fused-ring (bicyclic) bond motifs is 1. The van der Waals surface area contributed by atoms with Gasteiger partial charge in [-0.15, -0.1) is 11.3 Å². The first-order valence-corrected chi connectivity index (χ1v) is 9.95. The van der Waals surface area contributed by atoms with Crippen molar-refractivity contribution in [3.63, 3.8) is 0 Å². The minimum absolute atomic E-state index is 0.154. The number of aliphatic hydroxyl groups is 2. The van der Waals surface area contributed by atoms with E-state index in [2.05, 4.69) is 25.3 Å². The monoisotopic (exact) mass is 399 g/mol. The summed E-state index contributed by atoms with van der Waals surface area (Å²) >= 11 is 1.33. The molecule has 3 aromatic rings. The Labute approximate surface area is 166 Å². The maximum atomic E-state index is 9.72. The van der Waals surface area contributed by atoms with Gasteiger partial charge in [0.25, 0.3) is 0 Å². The third-order valence-corrected chi connectivity index (χ3v) is 5.34. The molecule has 3 aromatic heterocycles. The summed E-state index contributed by atoms with van der Waals surface area (Å²) in [5.41, 5.74) is 3.45. The van der Waals surface area contributed by atoms with Crippen LogP contribution in [-0.4, -0.2) is 36.8 Å². The van der Waals surface area contributed by atoms with Crippen LogP contribution in [0.4, 0.5) is 10.9 Å². The fourth-order valence-corrected chi connectivity index (χ4v) is 3.91. The molecule has 4 rings (SSSR count). The summed E-state index contributed by atoms with van der Waals surface area (Å²) in [7, 11) is 0. The molecule has 2 unspecified atom stereocenters. The molecule has 0 saturated carbocycles. The fraction of sp³-hybridized carbons (Fsp3) is 0.368. The summed E-state index contributed by atoms with van der Waals surface area (Å²) in [5, 5.41) is 24.2. The van der Waals surface area contributed by atoms with E-state index in [9.17, 15) is 5.11 Å². The predicted octanol–water partition coefficient (Wildman–Crippen LogP) is 2.86. The van der Waals surface area contributed by atoms with Crippen molar-refractivity contribution in [3.8, 4) is 5.75 Å². The molecule has 0 aromatic carbocycles. The Hall–Kier alpha value is -2.62. The van der Waals surface area contributed by atoms with Crippen LogP contribution in [0.3, 0.4) is 0 Å². The van der Waals surface area contributed by atoms with Gasteiger partial charge in [-0.2, -0.15) is 0 Å². The Balaban J connectivity index is 1.58. The lowest BCUT2D eigenvalue weighted by atomic mass is 9.95. The van der Waals surface area contributed by atoms with Crippen LogP contribution in [0.25, 0.3) is 0 Å². The van der Waals surface area contributed by atoms with Crippen LogP contribution in [0.2, 0.25) is 0 Å². The molecule has 8 nitrogen and oxygen atoms in total. The van der Waals surface area contributed by atoms with Crippen molar-refractivity contribution in [2.75, 3.05) is 11.9 Å². The first kappa shape index (κ1) is 18.7. The molecule has 0 radical (unpaired) electrons. The van der Waals surface area contributed by atoms with Crippen LogP contribution in [0, 0.1) is 6.92 Å². The molecule has 1 aliphatic carbocycles. The molecular weight excluding hydrogens is 378 g/mol. The van der Waals surface area contributed by atoms with E-state index in [1.165, 1.54) is 11.3 Å². The zero-order valence-corrected chi connectivity index (χ0v) is 16.2. The summed E-state index contributed by atoms with van der Waals surface area (Å²) < 4.78 is 6.31. The van der Waals surface area contributed by atoms with Crippen molar-refractivity contribution in [1.29, 1.82) is 0 Å². The standard InChI is InChI=1S/C19H21N5O3S/c1-11-5-16(27-15-4-2-3-12-7-20-10-22-17(12)15)18(21-6-11)24-19-23-13(9-28-19)14(26)8-25/h5-7,9-10,14-15,25-26H,2-4,8H2,1H3,(H,21,23,24). The predicted molar refractivity (Wildman–Crippen MR) is 105 cm³/mol. The Morgan fingerprint density at radius 3 is 3.11 bits per heavy atom. The smallest absolute Gasteiger partial charge is 0.188 e. The molecule has 3 heterocycles. The van der Waals surface area contributed by atoms with Gasteiger partial charge in [0.05, 0.1) is 18.0 Å². The third-order valence-electron chi connectivity index (χ3n) is 4.56. The highest BCUT2D eigenvalue weighted by Gasteiger charge is 2.25. The zero-order valence-electron chi connectivity index (χ0n) is 15.4. The van der Waals surface area contributed by atoms with Crippen LogP contribution in [0.5, 0.6) is 5.75 Å². The summed E-state index contributed by atoms with van der Waals surface area (Å²) in [4.78, 5) is 17.3. The zero-order chi connectivity index (χ0) is 19.5. The highest BCUT2D eigenvalue weighted by molar-refractivity contribution is 7.13. The van der Waals surface area contributed by atoms with Gasteiger partial charge in [-0.3, -0.25) is 0 Å². The molecule has 3 N–H and O–H groups in total. The number of hydrogen-bond acceptors (Lipinski definition) is 9. The quantitative estimate of drug-likeness (QED) is 0.580. The second-order valence-corrected chi connectivity index (χ2v) is 7.55. The molecule has 1 aliphatic rings. The number of nitrogens with zero attached hydrogens (tertiary/aromatic N) is 4. The van der Waals surface area contributed by atoms with Gasteiger partial charge in [-0.1, -0.05) is 0 Å². The maximum absolute atomic E-state index is 9.72. The number of anilines is 2. The van der Waals surface area contributed by atoms with Gasteiger partial charge in [-0.25, -0.2) is 19.9 Å². The number of aryl methyl sites for hydroxylation is 2. The van der Waals surface area contributed by atoms with Gasteiger partial charge in [-0.05, 0) is 43.4 Å². The van der Waals surface area contributed by atoms with Crippen molar-refractivity contribution in [2.45, 2.75) is 38.4 Å². The summed E-state index contributed by atoms with van der Waals surface area (Å²) in [6.45, 7) is 1.59. The SMILES string of the molecule is Cc1cnc(Nc2nc(C(O)CO)cs2)c(OC2CCCc3cncnc32)c1. The number of aliphatic hydroxyl groups excluding tert-OH is 2. The molecule has 2 atom stereocenters. The largest absolute Gasteiger partial charge is 0.480 e. The number of rotatable bonds is 6. The summed E-state index contributed by atoms with van der Waals surface area (Å²) in [6, 6.07) is 1.93. The Morgan fingerprint density at radius 2 is 2.25 bits per heavy atom. The Kier molecular flexibility index (Phi) is 5.47. The van der Waals surface area contributed by atoms with Crippen LogP contribution in [0.1, 0.15) is 47.6 Å². The maximum Gasteiger partial charge on any atom is 0.188 e. The highest BCUT2D eigenvalue weighted by atomic mass is 32.1. The molecule has 0 fully saturated rings. The second-order valence-electron chi connectivity index (χ2n) is 6.69. The molecule has 0 amide bonds. The van der Waals surface area contributed by atoms with Gasteiger partial charge in [0.2, 0.25) is 0 Å². The van der Waals surface area contributed by atoms with E-state index in [0.29, 0.717) is 22.4 Å². The molecule has 0 aliphatic heterocycles. The molecule has 0 saturated heterocycles. The lowest BCUT2D eigenvalue weighted by Crippen LogP contribution is -2.18. The summed E-state index contributed by atoms with van der Waals surface area (Å²) in [6.07, 6.45) is 6.87. The average molecular weight is 399 g/mol. The van der Waals surface area contributed by atoms with Gasteiger partial charge in [0.15, 0.2) is 16.7 Å². The number of ether oxygens (including phenoxy) is 1. The topological polar surface area (TPSA) is 113 Å². The number of nitrogens with one attached hydrogen (secondary N) is 1. The number of hydrogen-bond donors (Lipinski definition) is 3. The fourth-order valence-electron chi connectivity index (χ4n) is 3.15. The van der Waals surface area contributed by atoms with E-state index in [1.54, 1.807) is 17.9 Å². The van der Waals surface area contributed by atoms with Gasteiger partial charge in [0.1, 0.15) is 18.5 Å². The van der Waals surface area contributed by atoms with Gasteiger partial charge in [0, 0.05) is 17.8 Å². The first-order chi connectivity index (χ1) is 13.6. The number of aromatic nitrogens is 4. The first-order valence-electron chi connectivity index (χ1n) is 9.07. The van der Waals surface area contributed by atoms with E-state index in [-0.39, 0.29) is 12.7 Å². The lowest BCUT2D eigenvalue weighted by Gasteiger charge is -2.25. The average Bonchev–Trinajstić information content (AvgIpc) is 3.18. The normalized spacial score (nSPS) is 17.0. The van der Waals surface area contributed by atoms with E-state index < -0.39 is 6.10 Å². The van der Waals surface area contributed by atoms with Crippen molar-refractivity contribution in [1.82, 2.24) is 19.9 Å². The molecule has 146 valence electrons. The van der Waals surface area contributed by atoms with Gasteiger partial charge < -0.3 is 20.3 Å². The number of thiazole rings is 1.